The average Bonchev–Trinajstić information content (AvgIpc) is 2.20. The second-order valence-corrected chi connectivity index (χ2v) is 6.90. The number of hydrogen-bond donors (Lipinski definition) is 1. The molecule has 0 aromatic carbocycles. The molecule has 0 amide bonds. The van der Waals surface area contributed by atoms with Gasteiger partial charge in [0.1, 0.15) is 0 Å². The first-order valence-corrected chi connectivity index (χ1v) is 7.74. The normalized spacial score (nSPS) is 31.1. The van der Waals surface area contributed by atoms with Crippen molar-refractivity contribution >= 4 is 10.8 Å². The fraction of sp³-hybridized carbons (Fsp3) is 1.00. The first-order valence-electron chi connectivity index (χ1n) is 6.12. The first kappa shape index (κ1) is 13.2. The highest BCUT2D eigenvalue weighted by Gasteiger charge is 2.17. The molecule has 0 saturated heterocycles. The molecule has 0 spiro atoms. The molecule has 1 aliphatic carbocycles. The van der Waals surface area contributed by atoms with E-state index in [4.69, 9.17) is 0 Å². The van der Waals surface area contributed by atoms with E-state index in [-0.39, 0.29) is 5.25 Å². The summed E-state index contributed by atoms with van der Waals surface area (Å²) in [5.74, 6) is 1.79. The molecule has 0 aliphatic heterocycles. The second kappa shape index (κ2) is 6.64. The summed E-state index contributed by atoms with van der Waals surface area (Å²) in [4.78, 5) is 0. The van der Waals surface area contributed by atoms with Gasteiger partial charge in [-0.15, -0.1) is 0 Å². The van der Waals surface area contributed by atoms with Crippen molar-refractivity contribution in [2.75, 3.05) is 19.3 Å². The van der Waals surface area contributed by atoms with E-state index in [0.29, 0.717) is 0 Å². The Morgan fingerprint density at radius 3 is 2.47 bits per heavy atom. The van der Waals surface area contributed by atoms with Crippen LogP contribution in [-0.4, -0.2) is 28.8 Å². The van der Waals surface area contributed by atoms with Crippen LogP contribution in [0.15, 0.2) is 0 Å². The molecule has 3 heteroatoms. The maximum absolute atomic E-state index is 11.1. The molecule has 1 rings (SSSR count). The molecule has 15 heavy (non-hydrogen) atoms. The van der Waals surface area contributed by atoms with E-state index in [1.807, 2.05) is 6.92 Å². The Kier molecular flexibility index (Phi) is 5.83. The zero-order valence-corrected chi connectivity index (χ0v) is 11.1. The van der Waals surface area contributed by atoms with Gasteiger partial charge in [0.05, 0.1) is 0 Å². The summed E-state index contributed by atoms with van der Waals surface area (Å²) in [5, 5.41) is 3.74. The summed E-state index contributed by atoms with van der Waals surface area (Å²) >= 11 is 0. The maximum atomic E-state index is 11.1. The number of rotatable bonds is 5. The quantitative estimate of drug-likeness (QED) is 0.785. The van der Waals surface area contributed by atoms with Crippen molar-refractivity contribution in [1.82, 2.24) is 5.32 Å². The minimum atomic E-state index is -0.685. The zero-order chi connectivity index (χ0) is 11.3. The summed E-state index contributed by atoms with van der Waals surface area (Å²) in [6.45, 7) is 6.42. The van der Waals surface area contributed by atoms with E-state index in [2.05, 4.69) is 12.2 Å². The van der Waals surface area contributed by atoms with Gasteiger partial charge in [0.15, 0.2) is 0 Å². The lowest BCUT2D eigenvalue weighted by atomic mass is 9.83. The van der Waals surface area contributed by atoms with Crippen molar-refractivity contribution in [1.29, 1.82) is 0 Å². The van der Waals surface area contributed by atoms with Crippen molar-refractivity contribution in [3.63, 3.8) is 0 Å². The van der Waals surface area contributed by atoms with Crippen LogP contribution in [0.25, 0.3) is 0 Å². The van der Waals surface area contributed by atoms with Crippen LogP contribution < -0.4 is 5.32 Å². The van der Waals surface area contributed by atoms with E-state index >= 15 is 0 Å². The summed E-state index contributed by atoms with van der Waals surface area (Å²) in [6.07, 6.45) is 7.31. The average molecular weight is 231 g/mol. The summed E-state index contributed by atoms with van der Waals surface area (Å²) in [6, 6.07) is 0. The molecule has 0 bridgehead atoms. The van der Waals surface area contributed by atoms with E-state index in [9.17, 15) is 4.21 Å². The van der Waals surface area contributed by atoms with Gasteiger partial charge in [0, 0.05) is 28.9 Å². The second-order valence-electron chi connectivity index (χ2n) is 5.09. The Morgan fingerprint density at radius 2 is 1.93 bits per heavy atom. The van der Waals surface area contributed by atoms with Crippen LogP contribution in [0.1, 0.15) is 39.5 Å². The smallest absolute Gasteiger partial charge is 0.0441 e. The van der Waals surface area contributed by atoms with Gasteiger partial charge >= 0.3 is 0 Å². The van der Waals surface area contributed by atoms with E-state index in [1.165, 1.54) is 25.7 Å². The SMILES string of the molecule is CC1CCC(CNC[C@H](C)[S@](C)=O)CC1. The molecular formula is C12H25NOS. The standard InChI is InChI=1S/C12H25NOS/c1-10-4-6-12(7-5-10)9-13-8-11(2)15(3)14/h10-13H,4-9H2,1-3H3/t10?,11-,12?,15-/m0/s1. The highest BCUT2D eigenvalue weighted by Crippen LogP contribution is 2.27. The molecule has 0 aromatic heterocycles. The van der Waals surface area contributed by atoms with Crippen molar-refractivity contribution in [2.45, 2.75) is 44.8 Å². The predicted octanol–water partition coefficient (Wildman–Crippen LogP) is 2.17. The number of hydrogen-bond acceptors (Lipinski definition) is 2. The molecule has 0 unspecified atom stereocenters. The fourth-order valence-electron chi connectivity index (χ4n) is 2.14. The molecule has 1 aliphatic rings. The fourth-order valence-corrected chi connectivity index (χ4v) is 2.49. The van der Waals surface area contributed by atoms with E-state index in [0.717, 1.165) is 24.9 Å². The molecule has 2 atom stereocenters. The lowest BCUT2D eigenvalue weighted by Crippen LogP contribution is -2.32. The van der Waals surface area contributed by atoms with Gasteiger partial charge in [-0.3, -0.25) is 4.21 Å². The van der Waals surface area contributed by atoms with Gasteiger partial charge in [0.2, 0.25) is 0 Å². The van der Waals surface area contributed by atoms with Crippen LogP contribution in [0.4, 0.5) is 0 Å². The zero-order valence-electron chi connectivity index (χ0n) is 10.3. The Hall–Kier alpha value is 0.110. The third-order valence-corrected chi connectivity index (χ3v) is 4.87. The highest BCUT2D eigenvalue weighted by atomic mass is 32.2. The monoisotopic (exact) mass is 231 g/mol. The first-order chi connectivity index (χ1) is 7.09. The Morgan fingerprint density at radius 1 is 1.33 bits per heavy atom. The minimum absolute atomic E-state index is 0.285. The Labute approximate surface area is 96.7 Å². The molecule has 0 aromatic rings. The van der Waals surface area contributed by atoms with Gasteiger partial charge in [0.25, 0.3) is 0 Å². The third-order valence-electron chi connectivity index (χ3n) is 3.57. The highest BCUT2D eigenvalue weighted by molar-refractivity contribution is 7.84. The molecule has 0 radical (unpaired) electrons. The van der Waals surface area contributed by atoms with E-state index < -0.39 is 10.8 Å². The van der Waals surface area contributed by atoms with Crippen LogP contribution in [0.5, 0.6) is 0 Å². The molecule has 1 saturated carbocycles. The number of nitrogens with one attached hydrogen (secondary N) is 1. The molecule has 90 valence electrons. The van der Waals surface area contributed by atoms with Crippen LogP contribution >= 0.6 is 0 Å². The maximum Gasteiger partial charge on any atom is 0.0441 e. The van der Waals surface area contributed by atoms with Crippen molar-refractivity contribution in [3.8, 4) is 0 Å². The summed E-state index contributed by atoms with van der Waals surface area (Å²) < 4.78 is 11.1. The van der Waals surface area contributed by atoms with Gasteiger partial charge in [-0.05, 0) is 38.1 Å². The van der Waals surface area contributed by atoms with Crippen molar-refractivity contribution in [2.24, 2.45) is 11.8 Å². The molecular weight excluding hydrogens is 206 g/mol. The van der Waals surface area contributed by atoms with Gasteiger partial charge in [-0.1, -0.05) is 19.8 Å². The van der Waals surface area contributed by atoms with Crippen molar-refractivity contribution < 1.29 is 4.21 Å². The molecule has 1 fully saturated rings. The van der Waals surface area contributed by atoms with Crippen LogP contribution in [0, 0.1) is 11.8 Å². The van der Waals surface area contributed by atoms with Gasteiger partial charge < -0.3 is 5.32 Å². The van der Waals surface area contributed by atoms with Gasteiger partial charge in [-0.2, -0.15) is 0 Å². The van der Waals surface area contributed by atoms with E-state index in [1.54, 1.807) is 6.26 Å². The van der Waals surface area contributed by atoms with Crippen molar-refractivity contribution in [3.05, 3.63) is 0 Å². The summed E-state index contributed by atoms with van der Waals surface area (Å²) in [5.41, 5.74) is 0. The predicted molar refractivity (Wildman–Crippen MR) is 67.5 cm³/mol. The molecule has 2 nitrogen and oxygen atoms in total. The Bertz CT molecular complexity index is 200. The molecule has 1 N–H and O–H groups in total. The molecule has 0 heterocycles. The van der Waals surface area contributed by atoms with Crippen LogP contribution in [-0.2, 0) is 10.8 Å². The topological polar surface area (TPSA) is 29.1 Å². The van der Waals surface area contributed by atoms with Crippen LogP contribution in [0.3, 0.4) is 0 Å². The minimum Gasteiger partial charge on any atom is -0.315 e. The largest absolute Gasteiger partial charge is 0.315 e. The Balaban J connectivity index is 2.07. The lowest BCUT2D eigenvalue weighted by molar-refractivity contribution is 0.282. The van der Waals surface area contributed by atoms with Gasteiger partial charge in [-0.25, -0.2) is 0 Å². The third kappa shape index (κ3) is 5.12. The summed E-state index contributed by atoms with van der Waals surface area (Å²) in [7, 11) is -0.685. The van der Waals surface area contributed by atoms with Crippen LogP contribution in [0.2, 0.25) is 0 Å². The lowest BCUT2D eigenvalue weighted by Gasteiger charge is -2.26.